The quantitative estimate of drug-likeness (QED) is 0.276. The third-order valence-electron chi connectivity index (χ3n) is 6.80. The monoisotopic (exact) mass is 539 g/mol. The smallest absolute Gasteiger partial charge is 0.238 e. The number of carbonyl (C=O) groups excluding carboxylic acids is 2. The van der Waals surface area contributed by atoms with Crippen LogP contribution in [-0.4, -0.2) is 54.6 Å². The minimum Gasteiger partial charge on any atom is -0.325 e. The van der Waals surface area contributed by atoms with Gasteiger partial charge >= 0.3 is 0 Å². The van der Waals surface area contributed by atoms with E-state index in [9.17, 15) is 9.59 Å². The van der Waals surface area contributed by atoms with Crippen LogP contribution in [0, 0.1) is 0 Å². The van der Waals surface area contributed by atoms with Crippen molar-refractivity contribution in [3.8, 4) is 0 Å². The number of carbonyl (C=O) groups is 2. The molecule has 0 saturated heterocycles. The Labute approximate surface area is 233 Å². The molecule has 5 rings (SSSR count). The summed E-state index contributed by atoms with van der Waals surface area (Å²) in [5.74, 6) is -0.767. The van der Waals surface area contributed by atoms with Gasteiger partial charge in [0.25, 0.3) is 0 Å². The molecular weight excluding hydrogens is 510 g/mol. The Bertz CT molecular complexity index is 1570. The summed E-state index contributed by atoms with van der Waals surface area (Å²) in [4.78, 5) is 39.0. The second-order valence-electron chi connectivity index (χ2n) is 9.91. The van der Waals surface area contributed by atoms with Crippen molar-refractivity contribution >= 4 is 57.1 Å². The highest BCUT2D eigenvalue weighted by Crippen LogP contribution is 2.38. The normalized spacial score (nSPS) is 14.9. The highest BCUT2D eigenvalue weighted by Gasteiger charge is 2.35. The summed E-state index contributed by atoms with van der Waals surface area (Å²) in [6.45, 7) is 3.11. The van der Waals surface area contributed by atoms with Crippen LogP contribution in [0.25, 0.3) is 10.9 Å². The molecule has 1 aliphatic heterocycles. The van der Waals surface area contributed by atoms with Crippen LogP contribution >= 0.6 is 11.6 Å². The molecule has 1 aliphatic rings. The zero-order chi connectivity index (χ0) is 27.5. The number of hydrogen-bond acceptors (Lipinski definition) is 5. The molecule has 0 saturated carbocycles. The first-order chi connectivity index (χ1) is 18.8. The number of fused-ring (bicyclic) bond motifs is 2. The predicted octanol–water partition coefficient (Wildman–Crippen LogP) is 6.05. The van der Waals surface area contributed by atoms with Crippen molar-refractivity contribution in [2.75, 3.05) is 37.4 Å². The number of anilines is 2. The number of nitrogens with zero attached hydrogens (tertiary/aromatic N) is 4. The number of halogens is 1. The SMILES string of the molecule is CC(=O)N(CCCN(C)C)c1ccc(N=C(c2ccc3ncccc3c2)C2C(=O)Nc3cc(Cl)ccc32)cc1. The van der Waals surface area contributed by atoms with Crippen LogP contribution in [0.4, 0.5) is 17.1 Å². The average molecular weight is 540 g/mol. The van der Waals surface area contributed by atoms with Gasteiger partial charge in [0.2, 0.25) is 11.8 Å². The molecule has 7 nitrogen and oxygen atoms in total. The lowest BCUT2D eigenvalue weighted by molar-refractivity contribution is -0.117. The fourth-order valence-corrected chi connectivity index (χ4v) is 5.07. The molecule has 1 aromatic heterocycles. The van der Waals surface area contributed by atoms with Crippen LogP contribution in [0.2, 0.25) is 5.02 Å². The van der Waals surface area contributed by atoms with Gasteiger partial charge < -0.3 is 15.1 Å². The molecule has 8 heteroatoms. The zero-order valence-electron chi connectivity index (χ0n) is 22.2. The van der Waals surface area contributed by atoms with E-state index in [1.807, 2.05) is 74.8 Å². The molecule has 0 fully saturated rings. The molecule has 1 N–H and O–H groups in total. The Balaban J connectivity index is 1.54. The maximum absolute atomic E-state index is 13.3. The number of hydrogen-bond donors (Lipinski definition) is 1. The van der Waals surface area contributed by atoms with Crippen LogP contribution < -0.4 is 10.2 Å². The van der Waals surface area contributed by atoms with Gasteiger partial charge in [0.1, 0.15) is 5.92 Å². The van der Waals surface area contributed by atoms with Crippen molar-refractivity contribution in [1.29, 1.82) is 0 Å². The number of aliphatic imine (C=N–C) groups is 1. The lowest BCUT2D eigenvalue weighted by Gasteiger charge is -2.22. The second-order valence-corrected chi connectivity index (χ2v) is 10.3. The van der Waals surface area contributed by atoms with Crippen LogP contribution in [0.1, 0.15) is 30.4 Å². The first-order valence-electron chi connectivity index (χ1n) is 12.9. The van der Waals surface area contributed by atoms with Gasteiger partial charge in [-0.05, 0) is 92.8 Å². The van der Waals surface area contributed by atoms with Crippen LogP contribution in [0.5, 0.6) is 0 Å². The largest absolute Gasteiger partial charge is 0.325 e. The van der Waals surface area contributed by atoms with Crippen molar-refractivity contribution in [2.45, 2.75) is 19.3 Å². The fraction of sp³-hybridized carbons (Fsp3) is 0.226. The molecule has 2 heterocycles. The molecule has 2 amide bonds. The minimum absolute atomic E-state index is 0.00614. The summed E-state index contributed by atoms with van der Waals surface area (Å²) in [5, 5.41) is 4.48. The summed E-state index contributed by atoms with van der Waals surface area (Å²) in [6, 6.07) is 22.8. The van der Waals surface area contributed by atoms with Crippen molar-refractivity contribution in [1.82, 2.24) is 9.88 Å². The van der Waals surface area contributed by atoms with Gasteiger partial charge in [-0.2, -0.15) is 0 Å². The van der Waals surface area contributed by atoms with Gasteiger partial charge in [-0.25, -0.2) is 0 Å². The van der Waals surface area contributed by atoms with Crippen molar-refractivity contribution in [3.63, 3.8) is 0 Å². The van der Waals surface area contributed by atoms with Crippen LogP contribution in [0.3, 0.4) is 0 Å². The Morgan fingerprint density at radius 2 is 1.82 bits per heavy atom. The van der Waals surface area contributed by atoms with Gasteiger partial charge in [-0.15, -0.1) is 0 Å². The molecule has 1 unspecified atom stereocenters. The number of amides is 2. The van der Waals surface area contributed by atoms with Crippen LogP contribution in [-0.2, 0) is 9.59 Å². The fourth-order valence-electron chi connectivity index (χ4n) is 4.90. The van der Waals surface area contributed by atoms with E-state index in [-0.39, 0.29) is 11.8 Å². The van der Waals surface area contributed by atoms with Gasteiger partial charge in [0, 0.05) is 41.4 Å². The van der Waals surface area contributed by atoms with Gasteiger partial charge in [-0.3, -0.25) is 19.6 Å². The topological polar surface area (TPSA) is 77.9 Å². The maximum atomic E-state index is 13.3. The number of rotatable bonds is 8. The van der Waals surface area contributed by atoms with E-state index in [1.54, 1.807) is 30.2 Å². The van der Waals surface area contributed by atoms with E-state index < -0.39 is 5.92 Å². The third kappa shape index (κ3) is 5.85. The van der Waals surface area contributed by atoms with E-state index in [0.29, 0.717) is 28.7 Å². The summed E-state index contributed by atoms with van der Waals surface area (Å²) in [7, 11) is 4.04. The molecule has 0 bridgehead atoms. The van der Waals surface area contributed by atoms with E-state index in [0.717, 1.165) is 40.7 Å². The number of pyridine rings is 1. The summed E-state index contributed by atoms with van der Waals surface area (Å²) >= 11 is 6.20. The molecule has 1 atom stereocenters. The van der Waals surface area contributed by atoms with Crippen molar-refractivity contribution in [2.24, 2.45) is 4.99 Å². The Hall–Kier alpha value is -4.07. The molecule has 3 aromatic carbocycles. The summed E-state index contributed by atoms with van der Waals surface area (Å²) in [5.41, 5.74) is 5.35. The summed E-state index contributed by atoms with van der Waals surface area (Å²) < 4.78 is 0. The standard InChI is InChI=1S/C31H30ClN5O2/c1-20(38)37(17-5-16-36(2)3)25-11-9-24(10-12-25)34-30(22-7-14-27-21(18-22)6-4-15-33-27)29-26-13-8-23(32)19-28(26)35-31(29)39/h4,6-15,18-19,29H,5,16-17H2,1-3H3,(H,35,39). The van der Waals surface area contributed by atoms with Crippen molar-refractivity contribution < 1.29 is 9.59 Å². The summed E-state index contributed by atoms with van der Waals surface area (Å²) in [6.07, 6.45) is 2.63. The molecule has 0 radical (unpaired) electrons. The predicted molar refractivity (Wildman–Crippen MR) is 158 cm³/mol. The van der Waals surface area contributed by atoms with E-state index >= 15 is 0 Å². The maximum Gasteiger partial charge on any atom is 0.238 e. The van der Waals surface area contributed by atoms with E-state index in [1.165, 1.54) is 0 Å². The highest BCUT2D eigenvalue weighted by atomic mass is 35.5. The molecule has 39 heavy (non-hydrogen) atoms. The molecule has 0 spiro atoms. The Morgan fingerprint density at radius 3 is 2.56 bits per heavy atom. The third-order valence-corrected chi connectivity index (χ3v) is 7.03. The first kappa shape index (κ1) is 26.5. The van der Waals surface area contributed by atoms with Crippen molar-refractivity contribution in [3.05, 3.63) is 95.1 Å². The lowest BCUT2D eigenvalue weighted by Crippen LogP contribution is -2.31. The zero-order valence-corrected chi connectivity index (χ0v) is 22.9. The lowest BCUT2D eigenvalue weighted by atomic mass is 9.90. The van der Waals surface area contributed by atoms with E-state index in [2.05, 4.69) is 15.2 Å². The number of nitrogens with one attached hydrogen (secondary N) is 1. The number of benzene rings is 3. The van der Waals surface area contributed by atoms with E-state index in [4.69, 9.17) is 16.6 Å². The van der Waals surface area contributed by atoms with Crippen LogP contribution in [0.15, 0.2) is 84.0 Å². The van der Waals surface area contributed by atoms with Gasteiger partial charge in [0.15, 0.2) is 0 Å². The first-order valence-corrected chi connectivity index (χ1v) is 13.2. The Kier molecular flexibility index (Phi) is 7.72. The average Bonchev–Trinajstić information content (AvgIpc) is 3.24. The molecule has 198 valence electrons. The minimum atomic E-state index is -0.606. The van der Waals surface area contributed by atoms with Gasteiger partial charge in [-0.1, -0.05) is 29.8 Å². The Morgan fingerprint density at radius 1 is 1.03 bits per heavy atom. The second kappa shape index (κ2) is 11.4. The highest BCUT2D eigenvalue weighted by molar-refractivity contribution is 6.31. The molecule has 0 aliphatic carbocycles. The molecular formula is C31H30ClN5O2. The molecule has 4 aromatic rings. The van der Waals surface area contributed by atoms with Gasteiger partial charge in [0.05, 0.1) is 16.9 Å². The number of aromatic nitrogens is 1.